The normalized spacial score (nSPS) is 11.5. The van der Waals surface area contributed by atoms with Crippen molar-refractivity contribution >= 4 is 7.14 Å². The molecule has 0 unspecified atom stereocenters. The van der Waals surface area contributed by atoms with Gasteiger partial charge in [-0.15, -0.1) is 0 Å². The van der Waals surface area contributed by atoms with E-state index in [1.807, 2.05) is 64.1 Å². The maximum atomic E-state index is 14.6. The Hall–Kier alpha value is -2.13. The first-order valence-corrected chi connectivity index (χ1v) is 14.0. The Morgan fingerprint density at radius 2 is 0.969 bits per heavy atom. The molecule has 32 heavy (non-hydrogen) atoms. The van der Waals surface area contributed by atoms with Crippen molar-refractivity contribution in [2.75, 3.05) is 32.6 Å². The molecule has 178 valence electrons. The lowest BCUT2D eigenvalue weighted by molar-refractivity contribution is 0.317. The molecule has 0 fully saturated rings. The van der Waals surface area contributed by atoms with Crippen LogP contribution in [-0.2, 0) is 16.9 Å². The van der Waals surface area contributed by atoms with Gasteiger partial charge in [-0.05, 0) is 57.9 Å². The summed E-state index contributed by atoms with van der Waals surface area (Å²) in [7, 11) is -2.74. The highest BCUT2D eigenvalue weighted by Gasteiger charge is 2.30. The second kappa shape index (κ2) is 12.8. The maximum Gasteiger partial charge on any atom is 0.126 e. The highest BCUT2D eigenvalue weighted by molar-refractivity contribution is 7.62. The van der Waals surface area contributed by atoms with E-state index in [9.17, 15) is 4.57 Å². The molecule has 0 atom stereocenters. The monoisotopic (exact) mass is 462 g/mol. The van der Waals surface area contributed by atoms with Crippen molar-refractivity contribution in [2.24, 2.45) is 5.92 Å². The quantitative estimate of drug-likeness (QED) is 0.283. The van der Waals surface area contributed by atoms with E-state index in [1.54, 1.807) is 0 Å². The number of hydrogen-bond donors (Lipinski definition) is 0. The highest BCUT2D eigenvalue weighted by Crippen LogP contribution is 2.58. The van der Waals surface area contributed by atoms with E-state index in [4.69, 9.17) is 18.9 Å². The standard InChI is InChI=1S/C26H39O5P/c1-7-28-23-13-11-14-24(29-8-2)21(23)18-32(27,17-20(5)6)19-22-25(30-9-3)15-12-16-26(22)31-10-4/h11-16,20H,7-10,17-19H2,1-6H3. The van der Waals surface area contributed by atoms with Gasteiger partial charge in [0.05, 0.1) is 33.6 Å². The van der Waals surface area contributed by atoms with E-state index < -0.39 is 7.14 Å². The van der Waals surface area contributed by atoms with Crippen molar-refractivity contribution in [3.05, 3.63) is 47.5 Å². The molecule has 2 aromatic carbocycles. The molecule has 0 N–H and O–H groups in total. The van der Waals surface area contributed by atoms with Gasteiger partial charge in [0.2, 0.25) is 0 Å². The summed E-state index contributed by atoms with van der Waals surface area (Å²) in [5.74, 6) is 3.25. The molecule has 0 aliphatic carbocycles. The van der Waals surface area contributed by atoms with E-state index in [-0.39, 0.29) is 5.92 Å². The van der Waals surface area contributed by atoms with Gasteiger partial charge in [0.25, 0.3) is 0 Å². The predicted octanol–water partition coefficient (Wildman–Crippen LogP) is 7.00. The van der Waals surface area contributed by atoms with Gasteiger partial charge in [-0.3, -0.25) is 0 Å². The Bertz CT molecular complexity index is 780. The van der Waals surface area contributed by atoms with Crippen molar-refractivity contribution in [3.63, 3.8) is 0 Å². The van der Waals surface area contributed by atoms with Gasteiger partial charge >= 0.3 is 0 Å². The van der Waals surface area contributed by atoms with E-state index in [2.05, 4.69) is 13.8 Å². The third-order valence-corrected chi connectivity index (χ3v) is 8.15. The first-order chi connectivity index (χ1) is 15.4. The number of ether oxygens (including phenoxy) is 4. The van der Waals surface area contributed by atoms with Gasteiger partial charge in [-0.25, -0.2) is 0 Å². The molecule has 0 saturated heterocycles. The molecule has 2 aromatic rings. The fourth-order valence-electron chi connectivity index (χ4n) is 3.99. The molecule has 0 bridgehead atoms. The minimum Gasteiger partial charge on any atom is -0.493 e. The van der Waals surface area contributed by atoms with Crippen LogP contribution >= 0.6 is 7.14 Å². The van der Waals surface area contributed by atoms with Gasteiger partial charge in [0, 0.05) is 29.6 Å². The second-order valence-corrected chi connectivity index (χ2v) is 11.3. The van der Waals surface area contributed by atoms with Crippen LogP contribution < -0.4 is 18.9 Å². The summed E-state index contributed by atoms with van der Waals surface area (Å²) in [5.41, 5.74) is 1.76. The summed E-state index contributed by atoms with van der Waals surface area (Å²) in [6, 6.07) is 11.6. The smallest absolute Gasteiger partial charge is 0.126 e. The maximum absolute atomic E-state index is 14.6. The number of rotatable bonds is 14. The largest absolute Gasteiger partial charge is 0.493 e. The molecule has 0 amide bonds. The second-order valence-electron chi connectivity index (χ2n) is 8.15. The lowest BCUT2D eigenvalue weighted by Crippen LogP contribution is -2.09. The molecule has 0 aromatic heterocycles. The highest BCUT2D eigenvalue weighted by atomic mass is 31.2. The van der Waals surface area contributed by atoms with Crippen LogP contribution in [0.3, 0.4) is 0 Å². The van der Waals surface area contributed by atoms with E-state index >= 15 is 0 Å². The average molecular weight is 463 g/mol. The van der Waals surface area contributed by atoms with Crippen molar-refractivity contribution in [1.29, 1.82) is 0 Å². The Morgan fingerprint density at radius 1 is 0.656 bits per heavy atom. The van der Waals surface area contributed by atoms with Crippen LogP contribution in [0.5, 0.6) is 23.0 Å². The summed E-state index contributed by atoms with van der Waals surface area (Å²) in [5, 5.41) is 0. The van der Waals surface area contributed by atoms with Crippen molar-refractivity contribution in [1.82, 2.24) is 0 Å². The summed E-state index contributed by atoms with van der Waals surface area (Å²) in [6.45, 7) is 14.2. The lowest BCUT2D eigenvalue weighted by Gasteiger charge is -2.25. The summed E-state index contributed by atoms with van der Waals surface area (Å²) >= 11 is 0. The number of hydrogen-bond acceptors (Lipinski definition) is 5. The van der Waals surface area contributed by atoms with Gasteiger partial charge in [0.1, 0.15) is 23.0 Å². The van der Waals surface area contributed by atoms with Gasteiger partial charge in [-0.2, -0.15) is 0 Å². The Labute approximate surface area is 193 Å². The first kappa shape index (κ1) is 26.1. The predicted molar refractivity (Wildman–Crippen MR) is 132 cm³/mol. The lowest BCUT2D eigenvalue weighted by atomic mass is 10.2. The van der Waals surface area contributed by atoms with Crippen LogP contribution in [0.15, 0.2) is 36.4 Å². The van der Waals surface area contributed by atoms with Crippen LogP contribution in [0.25, 0.3) is 0 Å². The van der Waals surface area contributed by atoms with E-state index in [0.29, 0.717) is 44.9 Å². The molecule has 0 heterocycles. The molecule has 0 spiro atoms. The zero-order valence-corrected chi connectivity index (χ0v) is 21.4. The van der Waals surface area contributed by atoms with Crippen molar-refractivity contribution in [2.45, 2.75) is 53.9 Å². The minimum absolute atomic E-state index is 0.283. The van der Waals surface area contributed by atoms with Crippen molar-refractivity contribution in [3.8, 4) is 23.0 Å². The van der Waals surface area contributed by atoms with Gasteiger partial charge in [0.15, 0.2) is 0 Å². The van der Waals surface area contributed by atoms with Crippen LogP contribution in [0.4, 0.5) is 0 Å². The third-order valence-electron chi connectivity index (χ3n) is 4.97. The Morgan fingerprint density at radius 3 is 1.22 bits per heavy atom. The van der Waals surface area contributed by atoms with Crippen LogP contribution in [0.1, 0.15) is 52.7 Å². The fraction of sp³-hybridized carbons (Fsp3) is 0.538. The van der Waals surface area contributed by atoms with Crippen LogP contribution in [-0.4, -0.2) is 32.6 Å². The van der Waals surface area contributed by atoms with E-state index in [0.717, 1.165) is 34.1 Å². The zero-order valence-electron chi connectivity index (χ0n) is 20.5. The molecule has 0 saturated carbocycles. The molecule has 0 aliphatic rings. The van der Waals surface area contributed by atoms with Crippen LogP contribution in [0, 0.1) is 5.92 Å². The molecule has 0 aliphatic heterocycles. The first-order valence-electron chi connectivity index (χ1n) is 11.7. The molecular formula is C26H39O5P. The fourth-order valence-corrected chi connectivity index (χ4v) is 7.47. The van der Waals surface area contributed by atoms with Crippen LogP contribution in [0.2, 0.25) is 0 Å². The number of benzene rings is 2. The summed E-state index contributed by atoms with van der Waals surface area (Å²) < 4.78 is 38.2. The summed E-state index contributed by atoms with van der Waals surface area (Å²) in [6.07, 6.45) is 1.43. The molecule has 5 nitrogen and oxygen atoms in total. The zero-order chi connectivity index (χ0) is 23.6. The van der Waals surface area contributed by atoms with E-state index in [1.165, 1.54) is 0 Å². The molecule has 2 rings (SSSR count). The third kappa shape index (κ3) is 7.20. The van der Waals surface area contributed by atoms with Gasteiger partial charge in [-0.1, -0.05) is 26.0 Å². The summed E-state index contributed by atoms with van der Waals surface area (Å²) in [4.78, 5) is 0. The van der Waals surface area contributed by atoms with Crippen molar-refractivity contribution < 1.29 is 23.5 Å². The Kier molecular flexibility index (Phi) is 10.4. The SMILES string of the molecule is CCOc1cccc(OCC)c1CP(=O)(Cc1c(OCC)cccc1OCC)CC(C)C. The molecule has 0 radical (unpaired) electrons. The topological polar surface area (TPSA) is 54.0 Å². The molecular weight excluding hydrogens is 423 g/mol. The minimum atomic E-state index is -2.74. The molecule has 6 heteroatoms. The average Bonchev–Trinajstić information content (AvgIpc) is 2.73. The van der Waals surface area contributed by atoms with Gasteiger partial charge < -0.3 is 23.5 Å². The Balaban J connectivity index is 2.55.